The van der Waals surface area contributed by atoms with E-state index in [0.717, 1.165) is 0 Å². The Morgan fingerprint density at radius 3 is 2.55 bits per heavy atom. The van der Waals surface area contributed by atoms with Crippen LogP contribution in [-0.4, -0.2) is 22.9 Å². The van der Waals surface area contributed by atoms with E-state index in [2.05, 4.69) is 23.7 Å². The van der Waals surface area contributed by atoms with Crippen LogP contribution in [0.15, 0.2) is 12.2 Å². The summed E-state index contributed by atoms with van der Waals surface area (Å²) in [6.45, 7) is 1.44. The van der Waals surface area contributed by atoms with E-state index in [9.17, 15) is 0 Å². The average molecular weight is 150 g/mol. The smallest absolute Gasteiger partial charge is 0.112 e. The summed E-state index contributed by atoms with van der Waals surface area (Å²) in [6, 6.07) is 0. The lowest BCUT2D eigenvalue weighted by Crippen LogP contribution is -1.91. The van der Waals surface area contributed by atoms with Crippen LogP contribution >= 0.6 is 0 Å². The van der Waals surface area contributed by atoms with Crippen LogP contribution in [0.25, 0.3) is 0 Å². The summed E-state index contributed by atoms with van der Waals surface area (Å²) < 4.78 is 0. The highest BCUT2D eigenvalue weighted by Gasteiger charge is 1.78. The summed E-state index contributed by atoms with van der Waals surface area (Å²) in [6.07, 6.45) is 2.44. The Morgan fingerprint density at radius 2 is 2.00 bits per heavy atom. The second-order valence-electron chi connectivity index (χ2n) is 1.78. The molecule has 1 atom stereocenters. The van der Waals surface area contributed by atoms with Crippen LogP contribution in [0.5, 0.6) is 0 Å². The standard InChI is InChI=1S/C9H10O2/c1-9(11)7-5-3-2-4-6-8-10/h2-3,9-11H,8H2,1H3/b3-2+. The highest BCUT2D eigenvalue weighted by Crippen LogP contribution is 1.73. The quantitative estimate of drug-likeness (QED) is 0.474. The predicted molar refractivity (Wildman–Crippen MR) is 43.5 cm³/mol. The monoisotopic (exact) mass is 150 g/mol. The minimum Gasteiger partial charge on any atom is -0.384 e. The van der Waals surface area contributed by atoms with Crippen molar-refractivity contribution in [2.45, 2.75) is 13.0 Å². The van der Waals surface area contributed by atoms with Gasteiger partial charge in [0.2, 0.25) is 0 Å². The van der Waals surface area contributed by atoms with Crippen molar-refractivity contribution < 1.29 is 10.2 Å². The zero-order valence-corrected chi connectivity index (χ0v) is 6.33. The number of hydrogen-bond donors (Lipinski definition) is 2. The molecule has 2 N–H and O–H groups in total. The topological polar surface area (TPSA) is 40.5 Å². The maximum Gasteiger partial charge on any atom is 0.112 e. The zero-order chi connectivity index (χ0) is 8.53. The molecule has 2 heteroatoms. The summed E-state index contributed by atoms with van der Waals surface area (Å²) in [5.74, 6) is 10.1. The van der Waals surface area contributed by atoms with Crippen molar-refractivity contribution in [1.29, 1.82) is 0 Å². The number of allylic oxidation sites excluding steroid dienone is 2. The lowest BCUT2D eigenvalue weighted by Gasteiger charge is -1.83. The molecule has 11 heavy (non-hydrogen) atoms. The van der Waals surface area contributed by atoms with Crippen LogP contribution in [-0.2, 0) is 0 Å². The molecule has 0 fully saturated rings. The predicted octanol–water partition coefficient (Wildman–Crippen LogP) is -0.0775. The molecule has 0 amide bonds. The third kappa shape index (κ3) is 8.78. The van der Waals surface area contributed by atoms with Crippen molar-refractivity contribution in [3.63, 3.8) is 0 Å². The molecule has 0 aromatic heterocycles. The van der Waals surface area contributed by atoms with Crippen LogP contribution in [0, 0.1) is 23.7 Å². The van der Waals surface area contributed by atoms with Gasteiger partial charge in [0.15, 0.2) is 0 Å². The van der Waals surface area contributed by atoms with Crippen molar-refractivity contribution >= 4 is 0 Å². The van der Waals surface area contributed by atoms with Gasteiger partial charge in [-0.2, -0.15) is 0 Å². The second kappa shape index (κ2) is 6.89. The van der Waals surface area contributed by atoms with E-state index >= 15 is 0 Å². The Bertz CT molecular complexity index is 230. The minimum absolute atomic E-state index is 0.145. The first kappa shape index (κ1) is 9.78. The first-order chi connectivity index (χ1) is 5.27. The van der Waals surface area contributed by atoms with Gasteiger partial charge in [-0.1, -0.05) is 23.7 Å². The molecule has 2 nitrogen and oxygen atoms in total. The molecule has 0 aromatic rings. The van der Waals surface area contributed by atoms with Crippen LogP contribution < -0.4 is 0 Å². The molecule has 0 spiro atoms. The van der Waals surface area contributed by atoms with Gasteiger partial charge in [0, 0.05) is 0 Å². The molecule has 0 saturated heterocycles. The Morgan fingerprint density at radius 1 is 1.36 bits per heavy atom. The van der Waals surface area contributed by atoms with Crippen LogP contribution in [0.3, 0.4) is 0 Å². The van der Waals surface area contributed by atoms with Gasteiger partial charge in [-0.05, 0) is 19.1 Å². The van der Waals surface area contributed by atoms with Gasteiger partial charge >= 0.3 is 0 Å². The Kier molecular flexibility index (Phi) is 6.13. The highest BCUT2D eigenvalue weighted by molar-refractivity contribution is 5.25. The van der Waals surface area contributed by atoms with Crippen molar-refractivity contribution in [1.82, 2.24) is 0 Å². The zero-order valence-electron chi connectivity index (χ0n) is 6.33. The largest absolute Gasteiger partial charge is 0.384 e. The molecule has 0 aliphatic heterocycles. The molecule has 0 aromatic carbocycles. The number of hydrogen-bond acceptors (Lipinski definition) is 2. The first-order valence-corrected chi connectivity index (χ1v) is 3.20. The Labute approximate surface area is 66.6 Å². The SMILES string of the molecule is CC(O)C#C/C=C/C#CCO. The van der Waals surface area contributed by atoms with Gasteiger partial charge in [-0.15, -0.1) is 0 Å². The van der Waals surface area contributed by atoms with Crippen molar-refractivity contribution in [2.24, 2.45) is 0 Å². The maximum absolute atomic E-state index is 8.67. The fourth-order valence-corrected chi connectivity index (χ4v) is 0.357. The lowest BCUT2D eigenvalue weighted by molar-refractivity contribution is 0.253. The summed E-state index contributed by atoms with van der Waals surface area (Å²) in [5, 5.41) is 16.9. The van der Waals surface area contributed by atoms with Gasteiger partial charge in [0.1, 0.15) is 12.7 Å². The number of aliphatic hydroxyl groups is 2. The molecule has 0 aliphatic carbocycles. The van der Waals surface area contributed by atoms with E-state index < -0.39 is 6.10 Å². The third-order valence-corrected chi connectivity index (χ3v) is 0.723. The van der Waals surface area contributed by atoms with E-state index in [4.69, 9.17) is 10.2 Å². The first-order valence-electron chi connectivity index (χ1n) is 3.20. The summed E-state index contributed by atoms with van der Waals surface area (Å²) in [4.78, 5) is 0. The van der Waals surface area contributed by atoms with E-state index in [0.29, 0.717) is 0 Å². The van der Waals surface area contributed by atoms with Gasteiger partial charge in [0.05, 0.1) is 0 Å². The number of aliphatic hydroxyl groups excluding tert-OH is 2. The molecule has 0 saturated carbocycles. The molecular weight excluding hydrogens is 140 g/mol. The summed E-state index contributed by atoms with van der Waals surface area (Å²) in [7, 11) is 0. The fourth-order valence-electron chi connectivity index (χ4n) is 0.357. The van der Waals surface area contributed by atoms with Gasteiger partial charge < -0.3 is 10.2 Å². The molecule has 0 aliphatic rings. The lowest BCUT2D eigenvalue weighted by atomic mass is 10.4. The Balaban J connectivity index is 3.71. The summed E-state index contributed by atoms with van der Waals surface area (Å²) in [5.41, 5.74) is 0. The normalized spacial score (nSPS) is 11.2. The molecule has 1 unspecified atom stereocenters. The van der Waals surface area contributed by atoms with Crippen LogP contribution in [0.4, 0.5) is 0 Å². The Hall–Kier alpha value is -1.22. The van der Waals surface area contributed by atoms with E-state index in [1.165, 1.54) is 12.2 Å². The molecule has 0 bridgehead atoms. The average Bonchev–Trinajstić information content (AvgIpc) is 1.96. The van der Waals surface area contributed by atoms with E-state index in [-0.39, 0.29) is 6.61 Å². The molecule has 0 rings (SSSR count). The van der Waals surface area contributed by atoms with Gasteiger partial charge in [0.25, 0.3) is 0 Å². The third-order valence-electron chi connectivity index (χ3n) is 0.723. The number of rotatable bonds is 0. The van der Waals surface area contributed by atoms with Crippen molar-refractivity contribution in [3.05, 3.63) is 12.2 Å². The van der Waals surface area contributed by atoms with E-state index in [1.54, 1.807) is 6.92 Å². The summed E-state index contributed by atoms with van der Waals surface area (Å²) >= 11 is 0. The van der Waals surface area contributed by atoms with Gasteiger partial charge in [-0.25, -0.2) is 0 Å². The van der Waals surface area contributed by atoms with Gasteiger partial charge in [-0.3, -0.25) is 0 Å². The molecule has 0 heterocycles. The molecule has 58 valence electrons. The van der Waals surface area contributed by atoms with Crippen LogP contribution in [0.1, 0.15) is 6.92 Å². The van der Waals surface area contributed by atoms with E-state index in [1.807, 2.05) is 0 Å². The van der Waals surface area contributed by atoms with Crippen molar-refractivity contribution in [2.75, 3.05) is 6.61 Å². The molecular formula is C9H10O2. The van der Waals surface area contributed by atoms with Crippen LogP contribution in [0.2, 0.25) is 0 Å². The minimum atomic E-state index is -0.606. The fraction of sp³-hybridized carbons (Fsp3) is 0.333. The maximum atomic E-state index is 8.67. The molecule has 0 radical (unpaired) electrons. The highest BCUT2D eigenvalue weighted by atomic mass is 16.3. The van der Waals surface area contributed by atoms with Crippen molar-refractivity contribution in [3.8, 4) is 23.7 Å². The second-order valence-corrected chi connectivity index (χ2v) is 1.78.